The van der Waals surface area contributed by atoms with E-state index in [2.05, 4.69) is 29.3 Å². The molecule has 2 aliphatic heterocycles. The monoisotopic (exact) mass is 531 g/mol. The third-order valence-electron chi connectivity index (χ3n) is 8.44. The van der Waals surface area contributed by atoms with Gasteiger partial charge in [-0.15, -0.1) is 11.3 Å². The highest BCUT2D eigenvalue weighted by Crippen LogP contribution is 2.40. The van der Waals surface area contributed by atoms with Crippen LogP contribution in [0.4, 0.5) is 5.13 Å². The molecule has 2 aromatic carbocycles. The number of carbonyl (C=O) groups is 1. The van der Waals surface area contributed by atoms with Crippen LogP contribution in [0.1, 0.15) is 59.2 Å². The van der Waals surface area contributed by atoms with Crippen molar-refractivity contribution in [1.29, 1.82) is 0 Å². The predicted molar refractivity (Wildman–Crippen MR) is 152 cm³/mol. The van der Waals surface area contributed by atoms with Gasteiger partial charge in [-0.2, -0.15) is 0 Å². The number of amides is 1. The van der Waals surface area contributed by atoms with Crippen molar-refractivity contribution in [3.63, 3.8) is 0 Å². The van der Waals surface area contributed by atoms with Crippen molar-refractivity contribution in [3.05, 3.63) is 64.0 Å². The number of benzene rings is 2. The third-order valence-corrected chi connectivity index (χ3v) is 9.34. The number of carbonyl (C=O) groups excluding carboxylic acids is 1. The third kappa shape index (κ3) is 5.32. The Morgan fingerprint density at radius 3 is 2.66 bits per heavy atom. The van der Waals surface area contributed by atoms with Crippen molar-refractivity contribution < 1.29 is 14.6 Å². The van der Waals surface area contributed by atoms with Crippen molar-refractivity contribution >= 4 is 22.4 Å². The number of aryl methyl sites for hydroxylation is 2. The maximum Gasteiger partial charge on any atom is 0.253 e. The highest BCUT2D eigenvalue weighted by atomic mass is 32.1. The van der Waals surface area contributed by atoms with Crippen molar-refractivity contribution in [2.45, 2.75) is 58.7 Å². The lowest BCUT2D eigenvalue weighted by Gasteiger charge is -2.31. The number of likely N-dealkylation sites (tertiary alicyclic amines) is 1. The highest BCUT2D eigenvalue weighted by molar-refractivity contribution is 7.14. The molecule has 1 saturated carbocycles. The Bertz CT molecular complexity index is 1310. The molecule has 200 valence electrons. The first-order chi connectivity index (χ1) is 18.4. The largest absolute Gasteiger partial charge is 0.488 e. The van der Waals surface area contributed by atoms with Gasteiger partial charge in [-0.1, -0.05) is 17.7 Å². The van der Waals surface area contributed by atoms with Crippen molar-refractivity contribution in [2.75, 3.05) is 31.1 Å². The molecule has 3 heterocycles. The molecule has 7 heteroatoms. The van der Waals surface area contributed by atoms with Gasteiger partial charge in [0, 0.05) is 42.7 Å². The van der Waals surface area contributed by atoms with E-state index in [0.717, 1.165) is 71.0 Å². The molecule has 6 nitrogen and oxygen atoms in total. The van der Waals surface area contributed by atoms with E-state index in [1.165, 1.54) is 24.8 Å². The topological polar surface area (TPSA) is 65.9 Å². The van der Waals surface area contributed by atoms with E-state index in [-0.39, 0.29) is 5.91 Å². The van der Waals surface area contributed by atoms with Crippen LogP contribution in [0.15, 0.2) is 41.8 Å². The van der Waals surface area contributed by atoms with Crippen LogP contribution in [0.2, 0.25) is 0 Å². The predicted octanol–water partition coefficient (Wildman–Crippen LogP) is 5.84. The van der Waals surface area contributed by atoms with Gasteiger partial charge in [-0.05, 0) is 93.2 Å². The van der Waals surface area contributed by atoms with E-state index in [1.54, 1.807) is 16.2 Å². The van der Waals surface area contributed by atoms with Gasteiger partial charge in [-0.3, -0.25) is 4.79 Å². The summed E-state index contributed by atoms with van der Waals surface area (Å²) in [7, 11) is 0. The number of aromatic nitrogens is 1. The summed E-state index contributed by atoms with van der Waals surface area (Å²) < 4.78 is 6.37. The molecule has 1 N–H and O–H groups in total. The van der Waals surface area contributed by atoms with E-state index < -0.39 is 6.10 Å². The summed E-state index contributed by atoms with van der Waals surface area (Å²) in [5, 5.41) is 13.2. The standard InChI is InChI=1S/C31H37N3O3S/c1-20-5-10-29(27(12-20)28-19-38-31(32-28)34-15-22-6-7-23(14-22)16-34)37-18-25-9-8-24(13-21(25)2)30(36)33-11-3-4-26(35)17-33/h5,8-10,12-13,19,22-23,26,35H,3-4,6-7,11,14-18H2,1-2H3. The number of thiazole rings is 1. The molecule has 1 aliphatic carbocycles. The number of ether oxygens (including phenoxy) is 1. The molecule has 0 spiro atoms. The number of rotatable bonds is 6. The van der Waals surface area contributed by atoms with Crippen LogP contribution < -0.4 is 9.64 Å². The molecule has 3 aromatic rings. The maximum atomic E-state index is 13.0. The lowest BCUT2D eigenvalue weighted by molar-refractivity contribution is 0.0473. The Labute approximate surface area is 229 Å². The number of fused-ring (bicyclic) bond motifs is 2. The minimum atomic E-state index is -0.422. The number of hydrogen-bond donors (Lipinski definition) is 1. The Hall–Kier alpha value is -2.90. The second-order valence-corrected chi connectivity index (χ2v) is 12.3. The zero-order valence-corrected chi connectivity index (χ0v) is 23.2. The summed E-state index contributed by atoms with van der Waals surface area (Å²) in [5.74, 6) is 2.47. The van der Waals surface area contributed by atoms with E-state index >= 15 is 0 Å². The number of aliphatic hydroxyl groups excluding tert-OH is 1. The molecular formula is C31H37N3O3S. The number of β-amino-alcohol motifs (C(OH)–C–C–N with tert-alkyl or cyclic N) is 1. The van der Waals surface area contributed by atoms with Gasteiger partial charge in [0.2, 0.25) is 0 Å². The van der Waals surface area contributed by atoms with E-state index in [4.69, 9.17) is 9.72 Å². The first kappa shape index (κ1) is 25.4. The SMILES string of the molecule is Cc1ccc(OCc2ccc(C(=O)N3CCCC(O)C3)cc2C)c(-c2csc(N3CC4CCC(C4)C3)n2)c1. The van der Waals surface area contributed by atoms with Crippen molar-refractivity contribution in [1.82, 2.24) is 9.88 Å². The van der Waals surface area contributed by atoms with Crippen LogP contribution in [-0.2, 0) is 6.61 Å². The lowest BCUT2D eigenvalue weighted by atomic mass is 9.99. The molecule has 3 fully saturated rings. The van der Waals surface area contributed by atoms with Gasteiger partial charge >= 0.3 is 0 Å². The normalized spacial score (nSPS) is 23.1. The second-order valence-electron chi connectivity index (χ2n) is 11.4. The van der Waals surface area contributed by atoms with Crippen LogP contribution in [-0.4, -0.2) is 53.2 Å². The molecule has 0 radical (unpaired) electrons. The first-order valence-corrected chi connectivity index (χ1v) is 14.8. The van der Waals surface area contributed by atoms with Gasteiger partial charge in [0.25, 0.3) is 5.91 Å². The quantitative estimate of drug-likeness (QED) is 0.433. The number of anilines is 1. The van der Waals surface area contributed by atoms with Gasteiger partial charge in [0.1, 0.15) is 12.4 Å². The smallest absolute Gasteiger partial charge is 0.253 e. The fourth-order valence-electron chi connectivity index (χ4n) is 6.34. The fraction of sp³-hybridized carbons (Fsp3) is 0.484. The van der Waals surface area contributed by atoms with Gasteiger partial charge in [0.15, 0.2) is 5.13 Å². The molecule has 1 amide bonds. The summed E-state index contributed by atoms with van der Waals surface area (Å²) in [4.78, 5) is 22.3. The summed E-state index contributed by atoms with van der Waals surface area (Å²) in [6.07, 6.45) is 5.31. The van der Waals surface area contributed by atoms with Crippen LogP contribution in [0.3, 0.4) is 0 Å². The molecule has 3 atom stereocenters. The van der Waals surface area contributed by atoms with Crippen molar-refractivity contribution in [3.8, 4) is 17.0 Å². The lowest BCUT2D eigenvalue weighted by Crippen LogP contribution is -2.42. The summed E-state index contributed by atoms with van der Waals surface area (Å²) in [5.41, 5.74) is 5.92. The highest BCUT2D eigenvalue weighted by Gasteiger charge is 2.34. The van der Waals surface area contributed by atoms with Crippen molar-refractivity contribution in [2.24, 2.45) is 11.8 Å². The van der Waals surface area contributed by atoms with E-state index in [1.807, 2.05) is 31.2 Å². The molecule has 2 bridgehead atoms. The summed E-state index contributed by atoms with van der Waals surface area (Å²) >= 11 is 1.74. The summed E-state index contributed by atoms with van der Waals surface area (Å²) in [6, 6.07) is 12.1. The second kappa shape index (κ2) is 10.7. The number of hydrogen-bond acceptors (Lipinski definition) is 6. The average molecular weight is 532 g/mol. The zero-order chi connectivity index (χ0) is 26.2. The van der Waals surface area contributed by atoms with Crippen LogP contribution in [0, 0.1) is 25.7 Å². The molecule has 1 aromatic heterocycles. The number of aliphatic hydroxyl groups is 1. The Balaban J connectivity index is 1.16. The first-order valence-electron chi connectivity index (χ1n) is 13.9. The fourth-order valence-corrected chi connectivity index (χ4v) is 7.18. The van der Waals surface area contributed by atoms with Gasteiger partial charge in [0.05, 0.1) is 11.8 Å². The Morgan fingerprint density at radius 1 is 1.08 bits per heavy atom. The molecule has 6 rings (SSSR count). The Kier molecular flexibility index (Phi) is 7.14. The molecular weight excluding hydrogens is 494 g/mol. The number of nitrogens with zero attached hydrogens (tertiary/aromatic N) is 3. The summed E-state index contributed by atoms with van der Waals surface area (Å²) in [6.45, 7) is 7.93. The molecule has 3 unspecified atom stereocenters. The number of piperidine rings is 2. The van der Waals surface area contributed by atoms with E-state index in [0.29, 0.717) is 25.3 Å². The molecule has 3 aliphatic rings. The van der Waals surface area contributed by atoms with E-state index in [9.17, 15) is 9.90 Å². The van der Waals surface area contributed by atoms with Crippen LogP contribution in [0.5, 0.6) is 5.75 Å². The maximum absolute atomic E-state index is 13.0. The molecule has 38 heavy (non-hydrogen) atoms. The average Bonchev–Trinajstić information content (AvgIpc) is 3.54. The Morgan fingerprint density at radius 2 is 1.89 bits per heavy atom. The minimum Gasteiger partial charge on any atom is -0.488 e. The zero-order valence-electron chi connectivity index (χ0n) is 22.4. The van der Waals surface area contributed by atoms with Crippen LogP contribution in [0.25, 0.3) is 11.3 Å². The molecule has 2 saturated heterocycles. The van der Waals surface area contributed by atoms with Crippen LogP contribution >= 0.6 is 11.3 Å². The van der Waals surface area contributed by atoms with Gasteiger partial charge < -0.3 is 19.6 Å². The minimum absolute atomic E-state index is 0.0128. The van der Waals surface area contributed by atoms with Gasteiger partial charge in [-0.25, -0.2) is 4.98 Å².